The molecule has 6 heteroatoms. The van der Waals surface area contributed by atoms with E-state index in [1.165, 1.54) is 5.56 Å². The van der Waals surface area contributed by atoms with E-state index in [1.54, 1.807) is 6.07 Å². The largest absolute Gasteiger partial charge is 0.489 e. The SMILES string of the molecule is CC(C)(C)CCNC(=O)C1CN(Cc2ccc(OCc3cc(Cl)cc(Cl)c3)cc2)C1. The molecule has 4 nitrogen and oxygen atoms in total. The van der Waals surface area contributed by atoms with Crippen molar-refractivity contribution in [3.8, 4) is 5.75 Å². The highest BCUT2D eigenvalue weighted by Gasteiger charge is 2.32. The Morgan fingerprint density at radius 2 is 1.70 bits per heavy atom. The van der Waals surface area contributed by atoms with Crippen LogP contribution in [0.4, 0.5) is 0 Å². The van der Waals surface area contributed by atoms with Gasteiger partial charge < -0.3 is 10.1 Å². The van der Waals surface area contributed by atoms with Crippen molar-refractivity contribution in [3.05, 3.63) is 63.6 Å². The number of benzene rings is 2. The van der Waals surface area contributed by atoms with Crippen molar-refractivity contribution in [1.82, 2.24) is 10.2 Å². The molecule has 1 heterocycles. The summed E-state index contributed by atoms with van der Waals surface area (Å²) in [6.07, 6.45) is 0.994. The molecule has 30 heavy (non-hydrogen) atoms. The number of likely N-dealkylation sites (tertiary alicyclic amines) is 1. The number of nitrogens with zero attached hydrogens (tertiary/aromatic N) is 1. The lowest BCUT2D eigenvalue weighted by molar-refractivity contribution is -0.130. The quantitative estimate of drug-likeness (QED) is 0.574. The van der Waals surface area contributed by atoms with Crippen LogP contribution >= 0.6 is 23.2 Å². The summed E-state index contributed by atoms with van der Waals surface area (Å²) in [5.41, 5.74) is 2.39. The van der Waals surface area contributed by atoms with E-state index >= 15 is 0 Å². The molecule has 1 aliphatic rings. The molecule has 0 spiro atoms. The van der Waals surface area contributed by atoms with Gasteiger partial charge in [0, 0.05) is 36.2 Å². The van der Waals surface area contributed by atoms with Gasteiger partial charge in [-0.25, -0.2) is 0 Å². The Morgan fingerprint density at radius 1 is 1.07 bits per heavy atom. The molecule has 0 radical (unpaired) electrons. The third-order valence-electron chi connectivity index (χ3n) is 5.16. The van der Waals surface area contributed by atoms with Crippen LogP contribution in [0.15, 0.2) is 42.5 Å². The molecule has 1 amide bonds. The maximum absolute atomic E-state index is 12.2. The van der Waals surface area contributed by atoms with E-state index in [-0.39, 0.29) is 17.2 Å². The number of halogens is 2. The van der Waals surface area contributed by atoms with Crippen LogP contribution in [0.5, 0.6) is 5.75 Å². The molecular formula is C24H30Cl2N2O2. The average molecular weight is 449 g/mol. The molecule has 3 rings (SSSR count). The van der Waals surface area contributed by atoms with Crippen LogP contribution in [-0.4, -0.2) is 30.4 Å². The van der Waals surface area contributed by atoms with Crippen LogP contribution in [0.1, 0.15) is 38.3 Å². The molecule has 162 valence electrons. The maximum Gasteiger partial charge on any atom is 0.225 e. The molecule has 0 atom stereocenters. The van der Waals surface area contributed by atoms with Crippen LogP contribution in [0.25, 0.3) is 0 Å². The molecule has 0 aliphatic carbocycles. The molecule has 1 N–H and O–H groups in total. The molecule has 0 bridgehead atoms. The molecule has 1 fully saturated rings. The Hall–Kier alpha value is -1.75. The fraction of sp³-hybridized carbons (Fsp3) is 0.458. The lowest BCUT2D eigenvalue weighted by atomic mass is 9.92. The third-order valence-corrected chi connectivity index (χ3v) is 5.60. The lowest BCUT2D eigenvalue weighted by Gasteiger charge is -2.38. The minimum absolute atomic E-state index is 0.108. The second-order valence-corrected chi connectivity index (χ2v) is 10.1. The minimum atomic E-state index is 0.108. The van der Waals surface area contributed by atoms with Gasteiger partial charge in [0.1, 0.15) is 12.4 Å². The first-order valence-corrected chi connectivity index (χ1v) is 11.1. The molecule has 0 saturated carbocycles. The summed E-state index contributed by atoms with van der Waals surface area (Å²) in [7, 11) is 0. The highest BCUT2D eigenvalue weighted by atomic mass is 35.5. The first kappa shape index (κ1) is 22.9. The number of hydrogen-bond acceptors (Lipinski definition) is 3. The van der Waals surface area contributed by atoms with Crippen LogP contribution < -0.4 is 10.1 Å². The molecule has 1 aliphatic heterocycles. The van der Waals surface area contributed by atoms with E-state index in [0.717, 1.165) is 43.9 Å². The Bertz CT molecular complexity index is 836. The van der Waals surface area contributed by atoms with Gasteiger partial charge in [-0.05, 0) is 53.3 Å². The lowest BCUT2D eigenvalue weighted by Crippen LogP contribution is -2.53. The van der Waals surface area contributed by atoms with Gasteiger partial charge in [0.25, 0.3) is 0 Å². The zero-order valence-corrected chi connectivity index (χ0v) is 19.4. The van der Waals surface area contributed by atoms with Crippen LogP contribution in [-0.2, 0) is 17.9 Å². The van der Waals surface area contributed by atoms with Gasteiger partial charge in [0.2, 0.25) is 5.91 Å². The molecule has 2 aromatic carbocycles. The second kappa shape index (κ2) is 10.0. The van der Waals surface area contributed by atoms with Gasteiger partial charge in [-0.3, -0.25) is 9.69 Å². The van der Waals surface area contributed by atoms with E-state index in [4.69, 9.17) is 27.9 Å². The van der Waals surface area contributed by atoms with E-state index in [0.29, 0.717) is 16.7 Å². The Balaban J connectivity index is 1.39. The molecular weight excluding hydrogens is 419 g/mol. The van der Waals surface area contributed by atoms with E-state index < -0.39 is 0 Å². The number of nitrogens with one attached hydrogen (secondary N) is 1. The average Bonchev–Trinajstić information content (AvgIpc) is 2.61. The van der Waals surface area contributed by atoms with Crippen molar-refractivity contribution >= 4 is 29.1 Å². The first-order chi connectivity index (χ1) is 14.2. The molecule has 2 aromatic rings. The summed E-state index contributed by atoms with van der Waals surface area (Å²) in [5.74, 6) is 1.09. The normalized spacial score (nSPS) is 15.0. The summed E-state index contributed by atoms with van der Waals surface area (Å²) < 4.78 is 5.83. The number of carbonyl (C=O) groups excluding carboxylic acids is 1. The van der Waals surface area contributed by atoms with Crippen molar-refractivity contribution in [1.29, 1.82) is 0 Å². The van der Waals surface area contributed by atoms with Crippen LogP contribution in [0.3, 0.4) is 0 Å². The summed E-state index contributed by atoms with van der Waals surface area (Å²) in [6, 6.07) is 13.5. The summed E-state index contributed by atoms with van der Waals surface area (Å²) >= 11 is 12.0. The highest BCUT2D eigenvalue weighted by Crippen LogP contribution is 2.23. The van der Waals surface area contributed by atoms with Crippen LogP contribution in [0.2, 0.25) is 10.0 Å². The first-order valence-electron chi connectivity index (χ1n) is 10.3. The van der Waals surface area contributed by atoms with Crippen molar-refractivity contribution in [2.75, 3.05) is 19.6 Å². The maximum atomic E-state index is 12.2. The van der Waals surface area contributed by atoms with Gasteiger partial charge in [0.15, 0.2) is 0 Å². The van der Waals surface area contributed by atoms with E-state index in [9.17, 15) is 4.79 Å². The number of ether oxygens (including phenoxy) is 1. The van der Waals surface area contributed by atoms with Crippen molar-refractivity contribution in [2.45, 2.75) is 40.3 Å². The fourth-order valence-corrected chi connectivity index (χ4v) is 3.95. The van der Waals surface area contributed by atoms with Gasteiger partial charge in [-0.15, -0.1) is 0 Å². The minimum Gasteiger partial charge on any atom is -0.489 e. The summed E-state index contributed by atoms with van der Waals surface area (Å²) in [5, 5.41) is 4.28. The standard InChI is InChI=1S/C24H30Cl2N2O2/c1-24(2,3)8-9-27-23(29)19-14-28(15-19)13-17-4-6-22(7-5-17)30-16-18-10-20(25)12-21(26)11-18/h4-7,10-12,19H,8-9,13-16H2,1-3H3,(H,27,29). The number of amides is 1. The summed E-state index contributed by atoms with van der Waals surface area (Å²) in [4.78, 5) is 14.5. The van der Waals surface area contributed by atoms with E-state index in [1.807, 2.05) is 24.3 Å². The Kier molecular flexibility index (Phi) is 7.67. The Morgan fingerprint density at radius 3 is 2.30 bits per heavy atom. The monoisotopic (exact) mass is 448 g/mol. The second-order valence-electron chi connectivity index (χ2n) is 9.20. The number of rotatable bonds is 8. The topological polar surface area (TPSA) is 41.6 Å². The summed E-state index contributed by atoms with van der Waals surface area (Å²) in [6.45, 7) is 10.2. The fourth-order valence-electron chi connectivity index (χ4n) is 3.38. The third kappa shape index (κ3) is 7.19. The van der Waals surface area contributed by atoms with Crippen molar-refractivity contribution in [3.63, 3.8) is 0 Å². The molecule has 1 saturated heterocycles. The predicted octanol–water partition coefficient (Wildman–Crippen LogP) is 5.56. The van der Waals surface area contributed by atoms with Crippen LogP contribution in [0, 0.1) is 11.3 Å². The van der Waals surface area contributed by atoms with Crippen molar-refractivity contribution < 1.29 is 9.53 Å². The Labute approximate surface area is 189 Å². The van der Waals surface area contributed by atoms with Crippen molar-refractivity contribution in [2.24, 2.45) is 11.3 Å². The smallest absolute Gasteiger partial charge is 0.225 e. The zero-order valence-electron chi connectivity index (χ0n) is 17.9. The number of hydrogen-bond donors (Lipinski definition) is 1. The zero-order chi connectivity index (χ0) is 21.7. The molecule has 0 unspecified atom stereocenters. The van der Waals surface area contributed by atoms with Gasteiger partial charge >= 0.3 is 0 Å². The predicted molar refractivity (Wildman–Crippen MR) is 123 cm³/mol. The van der Waals surface area contributed by atoms with Gasteiger partial charge in [0.05, 0.1) is 5.92 Å². The molecule has 0 aromatic heterocycles. The number of carbonyl (C=O) groups is 1. The van der Waals surface area contributed by atoms with Gasteiger partial charge in [-0.1, -0.05) is 56.1 Å². The highest BCUT2D eigenvalue weighted by molar-refractivity contribution is 6.34. The van der Waals surface area contributed by atoms with E-state index in [2.05, 4.69) is 43.1 Å². The van der Waals surface area contributed by atoms with Gasteiger partial charge in [-0.2, -0.15) is 0 Å².